The van der Waals surface area contributed by atoms with Crippen LogP contribution >= 0.6 is 11.3 Å². The minimum absolute atomic E-state index is 0.0788. The van der Waals surface area contributed by atoms with Gasteiger partial charge in [0.05, 0.1) is 28.8 Å². The maximum absolute atomic E-state index is 13.7. The summed E-state index contributed by atoms with van der Waals surface area (Å²) < 4.78 is 5.65. The standard InChI is InChI=1S/C33H38N4O3S/c1-33(2)18-26-29(32(36-10-12-40-13-11-36)41-30(26)28(38)19-33)21-8-9-35-27(15-21)20-4-3-5-22(14-20)31(39)37-24-6-7-25(37)17-23(34)16-24/h3-5,8-9,14-15,23-25H,6-7,10-13,16-19,34H2,1-2H3. The number of rotatable bonds is 4. The van der Waals surface area contributed by atoms with Gasteiger partial charge in [-0.05, 0) is 72.9 Å². The third kappa shape index (κ3) is 4.90. The second-order valence-corrected chi connectivity index (χ2v) is 14.0. The van der Waals surface area contributed by atoms with E-state index in [0.717, 1.165) is 83.0 Å². The first-order valence-corrected chi connectivity index (χ1v) is 15.8. The average Bonchev–Trinajstić information content (AvgIpc) is 3.47. The van der Waals surface area contributed by atoms with Gasteiger partial charge in [0.15, 0.2) is 5.78 Å². The summed E-state index contributed by atoms with van der Waals surface area (Å²) >= 11 is 1.64. The van der Waals surface area contributed by atoms with Gasteiger partial charge >= 0.3 is 0 Å². The van der Waals surface area contributed by atoms with Crippen LogP contribution in [0.4, 0.5) is 5.00 Å². The fourth-order valence-corrected chi connectivity index (χ4v) is 8.78. The van der Waals surface area contributed by atoms with E-state index in [0.29, 0.717) is 25.2 Å². The van der Waals surface area contributed by atoms with Gasteiger partial charge in [0, 0.05) is 60.5 Å². The van der Waals surface area contributed by atoms with Crippen LogP contribution in [0.3, 0.4) is 0 Å². The first kappa shape index (κ1) is 26.8. The highest BCUT2D eigenvalue weighted by molar-refractivity contribution is 7.19. The lowest BCUT2D eigenvalue weighted by Crippen LogP contribution is -2.50. The zero-order valence-electron chi connectivity index (χ0n) is 23.9. The molecule has 1 aliphatic carbocycles. The Hall–Kier alpha value is -3.07. The molecule has 3 aliphatic heterocycles. The lowest BCUT2D eigenvalue weighted by Gasteiger charge is -2.37. The van der Waals surface area contributed by atoms with Gasteiger partial charge in [0.1, 0.15) is 0 Å². The van der Waals surface area contributed by atoms with Crippen LogP contribution in [0.15, 0.2) is 42.6 Å². The number of anilines is 1. The number of hydrogen-bond donors (Lipinski definition) is 1. The molecule has 1 amide bonds. The van der Waals surface area contributed by atoms with Crippen LogP contribution in [0.2, 0.25) is 0 Å². The van der Waals surface area contributed by atoms with Crippen molar-refractivity contribution in [3.05, 3.63) is 58.6 Å². The summed E-state index contributed by atoms with van der Waals surface area (Å²) in [6.07, 6.45) is 7.17. The van der Waals surface area contributed by atoms with Crippen LogP contribution in [-0.2, 0) is 11.2 Å². The van der Waals surface area contributed by atoms with Crippen LogP contribution in [0.25, 0.3) is 22.4 Å². The van der Waals surface area contributed by atoms with Crippen LogP contribution in [0.1, 0.15) is 71.5 Å². The lowest BCUT2D eigenvalue weighted by molar-refractivity contribution is 0.0575. The Morgan fingerprint density at radius 1 is 1.05 bits per heavy atom. The maximum atomic E-state index is 13.7. The molecule has 3 fully saturated rings. The molecule has 7 nitrogen and oxygen atoms in total. The third-order valence-corrected chi connectivity index (χ3v) is 10.6. The van der Waals surface area contributed by atoms with Gasteiger partial charge < -0.3 is 20.3 Å². The summed E-state index contributed by atoms with van der Waals surface area (Å²) in [4.78, 5) is 37.1. The highest BCUT2D eigenvalue weighted by Crippen LogP contribution is 2.50. The summed E-state index contributed by atoms with van der Waals surface area (Å²) in [6.45, 7) is 7.38. The molecule has 0 saturated carbocycles. The van der Waals surface area contributed by atoms with E-state index < -0.39 is 0 Å². The molecule has 0 radical (unpaired) electrons. The molecule has 0 spiro atoms. The number of carbonyl (C=O) groups excluding carboxylic acids is 2. The summed E-state index contributed by atoms with van der Waals surface area (Å²) in [5.74, 6) is 0.347. The molecule has 2 aromatic heterocycles. The van der Waals surface area contributed by atoms with E-state index in [4.69, 9.17) is 15.5 Å². The Labute approximate surface area is 245 Å². The number of nitrogens with zero attached hydrogens (tertiary/aromatic N) is 3. The Morgan fingerprint density at radius 3 is 2.56 bits per heavy atom. The van der Waals surface area contributed by atoms with E-state index in [1.165, 1.54) is 0 Å². The quantitative estimate of drug-likeness (QED) is 0.442. The Kier molecular flexibility index (Phi) is 6.75. The van der Waals surface area contributed by atoms with Gasteiger partial charge in [-0.15, -0.1) is 11.3 Å². The molecule has 1 aromatic carbocycles. The number of Topliss-reactive ketones (excluding diaryl/α,β-unsaturated/α-hetero) is 1. The smallest absolute Gasteiger partial charge is 0.254 e. The van der Waals surface area contributed by atoms with Gasteiger partial charge in [0.2, 0.25) is 0 Å². The van der Waals surface area contributed by atoms with Crippen molar-refractivity contribution in [3.8, 4) is 22.4 Å². The zero-order valence-corrected chi connectivity index (χ0v) is 24.7. The van der Waals surface area contributed by atoms with Crippen molar-refractivity contribution in [2.45, 2.75) is 70.5 Å². The summed E-state index contributed by atoms with van der Waals surface area (Å²) in [5, 5.41) is 1.16. The molecule has 8 heteroatoms. The molecule has 3 saturated heterocycles. The summed E-state index contributed by atoms with van der Waals surface area (Å²) in [5.41, 5.74) is 12.0. The van der Waals surface area contributed by atoms with Gasteiger partial charge in [-0.1, -0.05) is 26.0 Å². The monoisotopic (exact) mass is 570 g/mol. The van der Waals surface area contributed by atoms with Crippen LogP contribution < -0.4 is 10.6 Å². The first-order valence-electron chi connectivity index (χ1n) is 14.9. The maximum Gasteiger partial charge on any atom is 0.254 e. The molecule has 5 heterocycles. The Morgan fingerprint density at radius 2 is 1.80 bits per heavy atom. The second kappa shape index (κ2) is 10.3. The molecule has 41 heavy (non-hydrogen) atoms. The van der Waals surface area contributed by atoms with Gasteiger partial charge in [0.25, 0.3) is 5.91 Å². The minimum Gasteiger partial charge on any atom is -0.378 e. The third-order valence-electron chi connectivity index (χ3n) is 9.29. The first-order chi connectivity index (χ1) is 19.8. The average molecular weight is 571 g/mol. The van der Waals surface area contributed by atoms with Crippen molar-refractivity contribution in [2.75, 3.05) is 31.2 Å². The van der Waals surface area contributed by atoms with Crippen LogP contribution in [0.5, 0.6) is 0 Å². The number of ketones is 1. The van der Waals surface area contributed by atoms with Gasteiger partial charge in [-0.2, -0.15) is 0 Å². The predicted octanol–water partition coefficient (Wildman–Crippen LogP) is 5.56. The zero-order chi connectivity index (χ0) is 28.3. The normalized spacial score (nSPS) is 25.3. The predicted molar refractivity (Wildman–Crippen MR) is 163 cm³/mol. The topological polar surface area (TPSA) is 88.8 Å². The highest BCUT2D eigenvalue weighted by atomic mass is 32.1. The van der Waals surface area contributed by atoms with E-state index in [9.17, 15) is 9.59 Å². The molecule has 2 N–H and O–H groups in total. The van der Waals surface area contributed by atoms with E-state index in [2.05, 4.69) is 35.8 Å². The summed E-state index contributed by atoms with van der Waals surface area (Å²) in [7, 11) is 0. The lowest BCUT2D eigenvalue weighted by atomic mass is 9.75. The molecule has 2 bridgehead atoms. The van der Waals surface area contributed by atoms with Crippen molar-refractivity contribution in [2.24, 2.45) is 11.1 Å². The number of hydrogen-bond acceptors (Lipinski definition) is 7. The van der Waals surface area contributed by atoms with E-state index in [1.807, 2.05) is 30.5 Å². The number of thiophene rings is 1. The van der Waals surface area contributed by atoms with E-state index in [1.54, 1.807) is 11.3 Å². The van der Waals surface area contributed by atoms with E-state index >= 15 is 0 Å². The highest BCUT2D eigenvalue weighted by Gasteiger charge is 2.42. The molecule has 2 atom stereocenters. The fourth-order valence-electron chi connectivity index (χ4n) is 7.44. The number of ether oxygens (including phenoxy) is 1. The molecule has 2 unspecified atom stereocenters. The van der Waals surface area contributed by atoms with Gasteiger partial charge in [-0.25, -0.2) is 0 Å². The molecular formula is C33H38N4O3S. The number of morpholine rings is 1. The minimum atomic E-state index is -0.0788. The number of piperidine rings is 1. The number of carbonyl (C=O) groups is 2. The van der Waals surface area contributed by atoms with Crippen molar-refractivity contribution < 1.29 is 14.3 Å². The van der Waals surface area contributed by atoms with Crippen molar-refractivity contribution in [1.29, 1.82) is 0 Å². The van der Waals surface area contributed by atoms with E-state index in [-0.39, 0.29) is 35.2 Å². The number of benzene rings is 1. The second-order valence-electron chi connectivity index (χ2n) is 13.0. The SMILES string of the molecule is CC1(C)CC(=O)c2sc(N3CCOCC3)c(-c3ccnc(-c4cccc(C(=O)N5C6CCC5CC(N)C6)c4)c3)c2C1. The summed E-state index contributed by atoms with van der Waals surface area (Å²) in [6, 6.07) is 12.8. The van der Waals surface area contributed by atoms with Crippen LogP contribution in [-0.4, -0.2) is 66.0 Å². The van der Waals surface area contributed by atoms with Crippen molar-refractivity contribution in [1.82, 2.24) is 9.88 Å². The van der Waals surface area contributed by atoms with Gasteiger partial charge in [-0.3, -0.25) is 14.6 Å². The molecule has 214 valence electrons. The molecular weight excluding hydrogens is 532 g/mol. The van der Waals surface area contributed by atoms with Crippen molar-refractivity contribution in [3.63, 3.8) is 0 Å². The number of pyridine rings is 1. The molecule has 7 rings (SSSR count). The number of fused-ring (bicyclic) bond motifs is 3. The molecule has 3 aromatic rings. The number of amides is 1. The van der Waals surface area contributed by atoms with Crippen LogP contribution in [0, 0.1) is 5.41 Å². The van der Waals surface area contributed by atoms with Crippen molar-refractivity contribution >= 4 is 28.0 Å². The largest absolute Gasteiger partial charge is 0.378 e. The number of aromatic nitrogens is 1. The number of nitrogens with two attached hydrogens (primary N) is 1. The molecule has 4 aliphatic rings. The fraction of sp³-hybridized carbons (Fsp3) is 0.485. The Bertz CT molecular complexity index is 1490. The Balaban J connectivity index is 1.26.